The van der Waals surface area contributed by atoms with Gasteiger partial charge in [-0.2, -0.15) is 0 Å². The Morgan fingerprint density at radius 1 is 1.42 bits per heavy atom. The van der Waals surface area contributed by atoms with Gasteiger partial charge >= 0.3 is 0 Å². The van der Waals surface area contributed by atoms with E-state index in [1.807, 2.05) is 25.4 Å². The molecule has 1 aromatic heterocycles. The van der Waals surface area contributed by atoms with Gasteiger partial charge in [-0.15, -0.1) is 24.0 Å². The van der Waals surface area contributed by atoms with Crippen molar-refractivity contribution in [2.75, 3.05) is 26.7 Å². The molecule has 1 N–H and O–H groups in total. The van der Waals surface area contributed by atoms with Gasteiger partial charge in [0, 0.05) is 32.4 Å². The zero-order valence-electron chi connectivity index (χ0n) is 11.4. The molecular weight excluding hydrogens is 355 g/mol. The summed E-state index contributed by atoms with van der Waals surface area (Å²) in [5, 5.41) is 3.31. The number of aromatic nitrogens is 1. The fraction of sp³-hybridized carbons (Fsp3) is 0.538. The van der Waals surface area contributed by atoms with Gasteiger partial charge in [-0.05, 0) is 12.0 Å². The Morgan fingerprint density at radius 3 is 2.84 bits per heavy atom. The van der Waals surface area contributed by atoms with Gasteiger partial charge in [-0.1, -0.05) is 13.0 Å². The van der Waals surface area contributed by atoms with E-state index in [0.29, 0.717) is 12.5 Å². The average Bonchev–Trinajstić information content (AvgIpc) is 2.81. The van der Waals surface area contributed by atoms with E-state index >= 15 is 0 Å². The molecule has 106 valence electrons. The number of nitrogens with one attached hydrogen (secondary N) is 1. The van der Waals surface area contributed by atoms with Crippen molar-refractivity contribution in [3.63, 3.8) is 0 Å². The van der Waals surface area contributed by atoms with Gasteiger partial charge in [-0.25, -0.2) is 4.98 Å². The highest BCUT2D eigenvalue weighted by Gasteiger charge is 2.11. The number of pyridine rings is 1. The first-order chi connectivity index (χ1) is 8.79. The number of nitrogens with zero attached hydrogens (tertiary/aromatic N) is 3. The maximum Gasteiger partial charge on any atom is 0.213 e. The first kappa shape index (κ1) is 16.0. The summed E-state index contributed by atoms with van der Waals surface area (Å²) in [5.41, 5.74) is 1.13. The van der Waals surface area contributed by atoms with Crippen molar-refractivity contribution in [2.45, 2.75) is 19.9 Å². The van der Waals surface area contributed by atoms with Gasteiger partial charge in [0.15, 0.2) is 5.96 Å². The fourth-order valence-electron chi connectivity index (χ4n) is 1.71. The molecule has 0 radical (unpaired) electrons. The van der Waals surface area contributed by atoms with Crippen LogP contribution in [0.2, 0.25) is 0 Å². The lowest BCUT2D eigenvalue weighted by atomic mass is 10.3. The number of halogens is 1. The maximum atomic E-state index is 5.44. The zero-order chi connectivity index (χ0) is 12.8. The quantitative estimate of drug-likeness (QED) is 0.798. The number of hydrogen-bond acceptors (Lipinski definition) is 5. The number of rotatable bonds is 5. The summed E-state index contributed by atoms with van der Waals surface area (Å²) in [5.74, 6) is 1.65. The van der Waals surface area contributed by atoms with E-state index in [2.05, 4.69) is 27.1 Å². The molecule has 0 fully saturated rings. The number of likely N-dealkylation sites (N-methyl/N-ethyl adjacent to an activating group) is 1. The van der Waals surface area contributed by atoms with E-state index in [0.717, 1.165) is 37.6 Å². The summed E-state index contributed by atoms with van der Waals surface area (Å²) in [6.45, 7) is 5.40. The smallest absolute Gasteiger partial charge is 0.213 e. The van der Waals surface area contributed by atoms with Crippen LogP contribution >= 0.6 is 24.0 Å². The monoisotopic (exact) mass is 376 g/mol. The van der Waals surface area contributed by atoms with Gasteiger partial charge in [0.05, 0.1) is 13.2 Å². The Hall–Kier alpha value is -1.05. The molecule has 1 aliphatic heterocycles. The second kappa shape index (κ2) is 8.19. The summed E-state index contributed by atoms with van der Waals surface area (Å²) in [6, 6.07) is 3.94. The Bertz CT molecular complexity index is 408. The first-order valence-electron chi connectivity index (χ1n) is 6.37. The van der Waals surface area contributed by atoms with Crippen molar-refractivity contribution < 1.29 is 4.74 Å². The Balaban J connectivity index is 0.00000180. The molecule has 1 aliphatic rings. The van der Waals surface area contributed by atoms with Crippen LogP contribution in [0.15, 0.2) is 23.3 Å². The second-order valence-corrected chi connectivity index (χ2v) is 4.33. The third kappa shape index (κ3) is 4.85. The van der Waals surface area contributed by atoms with Crippen LogP contribution < -0.4 is 10.1 Å². The fourth-order valence-corrected chi connectivity index (χ4v) is 1.71. The van der Waals surface area contributed by atoms with Crippen LogP contribution in [-0.4, -0.2) is 42.6 Å². The normalized spacial score (nSPS) is 13.8. The van der Waals surface area contributed by atoms with E-state index < -0.39 is 0 Å². The molecule has 0 spiro atoms. The predicted molar refractivity (Wildman–Crippen MR) is 87.2 cm³/mol. The highest BCUT2D eigenvalue weighted by Crippen LogP contribution is 2.08. The molecule has 6 heteroatoms. The van der Waals surface area contributed by atoms with Crippen molar-refractivity contribution in [1.82, 2.24) is 15.2 Å². The molecule has 2 rings (SSSR count). The third-order valence-electron chi connectivity index (χ3n) is 2.76. The summed E-state index contributed by atoms with van der Waals surface area (Å²) in [4.78, 5) is 10.8. The molecular formula is C13H21IN4O. The Morgan fingerprint density at radius 2 is 2.26 bits per heavy atom. The van der Waals surface area contributed by atoms with Crippen LogP contribution in [0, 0.1) is 0 Å². The molecule has 0 amide bonds. The Labute approximate surface area is 131 Å². The number of guanidine groups is 1. The van der Waals surface area contributed by atoms with Crippen LogP contribution in [0.5, 0.6) is 5.88 Å². The minimum absolute atomic E-state index is 0. The summed E-state index contributed by atoms with van der Waals surface area (Å²) >= 11 is 0. The lowest BCUT2D eigenvalue weighted by molar-refractivity contribution is 0.305. The summed E-state index contributed by atoms with van der Waals surface area (Å²) < 4.78 is 5.44. The van der Waals surface area contributed by atoms with Crippen LogP contribution in [-0.2, 0) is 6.54 Å². The van der Waals surface area contributed by atoms with Crippen molar-refractivity contribution in [1.29, 1.82) is 0 Å². The summed E-state index contributed by atoms with van der Waals surface area (Å²) in [6.07, 6.45) is 2.84. The van der Waals surface area contributed by atoms with Gasteiger partial charge in [0.25, 0.3) is 0 Å². The molecule has 1 aromatic rings. The minimum atomic E-state index is 0. The van der Waals surface area contributed by atoms with Gasteiger partial charge < -0.3 is 15.0 Å². The van der Waals surface area contributed by atoms with Gasteiger partial charge in [0.2, 0.25) is 5.88 Å². The molecule has 19 heavy (non-hydrogen) atoms. The molecule has 0 atom stereocenters. The third-order valence-corrected chi connectivity index (χ3v) is 2.76. The van der Waals surface area contributed by atoms with Crippen molar-refractivity contribution >= 4 is 29.9 Å². The molecule has 0 aromatic carbocycles. The van der Waals surface area contributed by atoms with E-state index in [1.54, 1.807) is 0 Å². The van der Waals surface area contributed by atoms with Crippen LogP contribution in [0.1, 0.15) is 18.9 Å². The lowest BCUT2D eigenvalue weighted by Crippen LogP contribution is -2.35. The first-order valence-corrected chi connectivity index (χ1v) is 6.37. The van der Waals surface area contributed by atoms with E-state index in [1.165, 1.54) is 0 Å². The highest BCUT2D eigenvalue weighted by atomic mass is 127. The van der Waals surface area contributed by atoms with Crippen molar-refractivity contribution in [3.05, 3.63) is 23.9 Å². The highest BCUT2D eigenvalue weighted by molar-refractivity contribution is 14.0. The minimum Gasteiger partial charge on any atom is -0.478 e. The van der Waals surface area contributed by atoms with Gasteiger partial charge in [-0.3, -0.25) is 4.99 Å². The maximum absolute atomic E-state index is 5.44. The molecule has 5 nitrogen and oxygen atoms in total. The van der Waals surface area contributed by atoms with E-state index in [9.17, 15) is 0 Å². The van der Waals surface area contributed by atoms with Crippen molar-refractivity contribution in [3.8, 4) is 5.88 Å². The number of hydrogen-bond donors (Lipinski definition) is 1. The molecule has 0 saturated carbocycles. The van der Waals surface area contributed by atoms with Crippen LogP contribution in [0.3, 0.4) is 0 Å². The largest absolute Gasteiger partial charge is 0.478 e. The lowest BCUT2D eigenvalue weighted by Gasteiger charge is -2.15. The van der Waals surface area contributed by atoms with Crippen LogP contribution in [0.25, 0.3) is 0 Å². The average molecular weight is 376 g/mol. The summed E-state index contributed by atoms with van der Waals surface area (Å²) in [7, 11) is 2.04. The molecule has 2 heterocycles. The zero-order valence-corrected chi connectivity index (χ0v) is 13.8. The SMILES string of the molecule is CCCOc1ccc(CNC2=NCCN2C)cn1.I. The van der Waals surface area contributed by atoms with Crippen LogP contribution in [0.4, 0.5) is 0 Å². The topological polar surface area (TPSA) is 49.8 Å². The number of ether oxygens (including phenoxy) is 1. The number of aliphatic imine (C=N–C) groups is 1. The molecule has 0 saturated heterocycles. The predicted octanol–water partition coefficient (Wildman–Crippen LogP) is 1.88. The standard InChI is InChI=1S/C13H20N4O.HI/c1-3-8-18-12-5-4-11(9-15-12)10-16-13-14-6-7-17(13)2;/h4-5,9H,3,6-8,10H2,1-2H3,(H,14,16);1H. The van der Waals surface area contributed by atoms with E-state index in [4.69, 9.17) is 4.74 Å². The second-order valence-electron chi connectivity index (χ2n) is 4.33. The Kier molecular flexibility index (Phi) is 6.90. The molecule has 0 aliphatic carbocycles. The van der Waals surface area contributed by atoms with Gasteiger partial charge in [0.1, 0.15) is 0 Å². The van der Waals surface area contributed by atoms with E-state index in [-0.39, 0.29) is 24.0 Å². The molecule has 0 bridgehead atoms. The molecule has 0 unspecified atom stereocenters. The van der Waals surface area contributed by atoms with Crippen molar-refractivity contribution in [2.24, 2.45) is 4.99 Å².